The van der Waals surface area contributed by atoms with Crippen LogP contribution in [0.2, 0.25) is 0 Å². The molecule has 0 saturated carbocycles. The number of methoxy groups -OCH3 is 1. The summed E-state index contributed by atoms with van der Waals surface area (Å²) < 4.78 is 5.74. The Hall–Kier alpha value is -3.18. The number of carbonyl (C=O) groups excluding carboxylic acids is 2. The molecule has 4 nitrogen and oxygen atoms in total. The normalized spacial score (nSPS) is 9.83. The highest BCUT2D eigenvalue weighted by atomic mass is 79.9. The minimum Gasteiger partial charge on any atom is -0.465 e. The predicted octanol–water partition coefficient (Wildman–Crippen LogP) is 6.19. The minimum absolute atomic E-state index is 0.163. The fourth-order valence-electron chi connectivity index (χ4n) is 2.87. The lowest BCUT2D eigenvalue weighted by molar-refractivity contribution is -0.115. The SMILES string of the molecule is C=C.COC(=O)c1cc(NC(=O)Cc2ccccc2Br)cc(-c2ccc(C)cc2)c1. The number of rotatable bonds is 5. The lowest BCUT2D eigenvalue weighted by Gasteiger charge is -2.11. The van der Waals surface area contributed by atoms with Crippen LogP contribution in [0.4, 0.5) is 5.69 Å². The molecule has 5 heteroatoms. The molecule has 0 saturated heterocycles. The van der Waals surface area contributed by atoms with Crippen LogP contribution in [0.3, 0.4) is 0 Å². The number of halogens is 1. The van der Waals surface area contributed by atoms with Crippen molar-refractivity contribution in [3.05, 3.63) is 101 Å². The molecule has 154 valence electrons. The Balaban J connectivity index is 0.00000155. The van der Waals surface area contributed by atoms with Crippen molar-refractivity contribution >= 4 is 33.5 Å². The highest BCUT2D eigenvalue weighted by Gasteiger charge is 2.13. The highest BCUT2D eigenvalue weighted by molar-refractivity contribution is 9.10. The summed E-state index contributed by atoms with van der Waals surface area (Å²) in [7, 11) is 1.34. The van der Waals surface area contributed by atoms with E-state index in [9.17, 15) is 9.59 Å². The van der Waals surface area contributed by atoms with Crippen LogP contribution >= 0.6 is 15.9 Å². The zero-order chi connectivity index (χ0) is 22.1. The van der Waals surface area contributed by atoms with E-state index in [0.717, 1.165) is 26.7 Å². The molecule has 0 aliphatic rings. The summed E-state index contributed by atoms with van der Waals surface area (Å²) >= 11 is 3.46. The van der Waals surface area contributed by atoms with E-state index >= 15 is 0 Å². The molecule has 0 aromatic heterocycles. The van der Waals surface area contributed by atoms with Crippen LogP contribution in [-0.4, -0.2) is 19.0 Å². The highest BCUT2D eigenvalue weighted by Crippen LogP contribution is 2.26. The number of aryl methyl sites for hydroxylation is 1. The first kappa shape index (κ1) is 23.1. The first-order valence-corrected chi connectivity index (χ1v) is 10.1. The fraction of sp³-hybridized carbons (Fsp3) is 0.120. The Bertz CT molecular complexity index is 1030. The van der Waals surface area contributed by atoms with Crippen LogP contribution in [0, 0.1) is 6.92 Å². The van der Waals surface area contributed by atoms with Gasteiger partial charge in [0.05, 0.1) is 19.1 Å². The summed E-state index contributed by atoms with van der Waals surface area (Å²) in [5.74, 6) is -0.612. The molecule has 0 aliphatic carbocycles. The summed E-state index contributed by atoms with van der Waals surface area (Å²) in [4.78, 5) is 24.6. The van der Waals surface area contributed by atoms with E-state index in [1.54, 1.807) is 12.1 Å². The van der Waals surface area contributed by atoms with E-state index in [-0.39, 0.29) is 12.3 Å². The number of nitrogens with one attached hydrogen (secondary N) is 1. The monoisotopic (exact) mass is 465 g/mol. The summed E-state index contributed by atoms with van der Waals surface area (Å²) in [5.41, 5.74) is 4.77. The van der Waals surface area contributed by atoms with Gasteiger partial charge in [0.25, 0.3) is 0 Å². The Labute approximate surface area is 185 Å². The number of carbonyl (C=O) groups is 2. The molecule has 1 N–H and O–H groups in total. The van der Waals surface area contributed by atoms with Gasteiger partial charge in [-0.1, -0.05) is 64.0 Å². The van der Waals surface area contributed by atoms with Crippen LogP contribution in [-0.2, 0) is 16.0 Å². The van der Waals surface area contributed by atoms with Gasteiger partial charge in [-0.15, -0.1) is 13.2 Å². The summed E-state index contributed by atoms with van der Waals surface area (Å²) in [6, 6.07) is 20.8. The third-order valence-corrected chi connectivity index (χ3v) is 5.11. The molecule has 0 bridgehead atoms. The van der Waals surface area contributed by atoms with E-state index in [1.807, 2.05) is 61.5 Å². The molecule has 0 fully saturated rings. The Kier molecular flexibility index (Phi) is 8.56. The molecule has 3 rings (SSSR count). The standard InChI is InChI=1S/C23H20BrNO3.C2H4/c1-15-7-9-16(10-8-15)18-11-19(23(27)28-2)13-20(12-18)25-22(26)14-17-5-3-4-6-21(17)24;1-2/h3-13H,14H2,1-2H3,(H,25,26);1-2H2. The lowest BCUT2D eigenvalue weighted by Crippen LogP contribution is -2.15. The summed E-state index contributed by atoms with van der Waals surface area (Å²) in [5, 5.41) is 2.89. The van der Waals surface area contributed by atoms with Gasteiger partial charge < -0.3 is 10.1 Å². The van der Waals surface area contributed by atoms with Gasteiger partial charge in [0.15, 0.2) is 0 Å². The molecule has 0 radical (unpaired) electrons. The number of hydrogen-bond donors (Lipinski definition) is 1. The van der Waals surface area contributed by atoms with Gasteiger partial charge >= 0.3 is 5.97 Å². The van der Waals surface area contributed by atoms with Crippen molar-refractivity contribution in [2.75, 3.05) is 12.4 Å². The number of hydrogen-bond acceptors (Lipinski definition) is 3. The molecule has 0 unspecified atom stereocenters. The second-order valence-electron chi connectivity index (χ2n) is 6.47. The van der Waals surface area contributed by atoms with Crippen molar-refractivity contribution in [1.82, 2.24) is 0 Å². The lowest BCUT2D eigenvalue weighted by atomic mass is 10.0. The second kappa shape index (κ2) is 11.1. The van der Waals surface area contributed by atoms with E-state index < -0.39 is 5.97 Å². The Morgan fingerprint density at radius 2 is 1.63 bits per heavy atom. The number of esters is 1. The zero-order valence-corrected chi connectivity index (χ0v) is 18.7. The van der Waals surface area contributed by atoms with E-state index in [1.165, 1.54) is 7.11 Å². The van der Waals surface area contributed by atoms with E-state index in [0.29, 0.717) is 11.3 Å². The van der Waals surface area contributed by atoms with Gasteiger partial charge in [0, 0.05) is 10.2 Å². The first-order valence-electron chi connectivity index (χ1n) is 9.30. The van der Waals surface area contributed by atoms with E-state index in [4.69, 9.17) is 4.74 Å². The van der Waals surface area contributed by atoms with Gasteiger partial charge in [-0.05, 0) is 47.9 Å². The summed E-state index contributed by atoms with van der Waals surface area (Å²) in [6.45, 7) is 8.02. The minimum atomic E-state index is -0.449. The second-order valence-corrected chi connectivity index (χ2v) is 7.33. The van der Waals surface area contributed by atoms with Crippen molar-refractivity contribution in [1.29, 1.82) is 0 Å². The largest absolute Gasteiger partial charge is 0.465 e. The number of amides is 1. The predicted molar refractivity (Wildman–Crippen MR) is 126 cm³/mol. The third kappa shape index (κ3) is 6.16. The fourth-order valence-corrected chi connectivity index (χ4v) is 3.29. The van der Waals surface area contributed by atoms with Gasteiger partial charge in [0.2, 0.25) is 5.91 Å². The van der Waals surface area contributed by atoms with Gasteiger partial charge in [-0.25, -0.2) is 4.79 Å². The average molecular weight is 466 g/mol. The van der Waals surface area contributed by atoms with Crippen LogP contribution in [0.15, 0.2) is 84.4 Å². The van der Waals surface area contributed by atoms with Crippen molar-refractivity contribution in [2.24, 2.45) is 0 Å². The van der Waals surface area contributed by atoms with Gasteiger partial charge in [0.1, 0.15) is 0 Å². The smallest absolute Gasteiger partial charge is 0.337 e. The van der Waals surface area contributed by atoms with Gasteiger partial charge in [-0.3, -0.25) is 4.79 Å². The molecule has 3 aromatic rings. The topological polar surface area (TPSA) is 55.4 Å². The van der Waals surface area contributed by atoms with Gasteiger partial charge in [-0.2, -0.15) is 0 Å². The molecule has 0 atom stereocenters. The average Bonchev–Trinajstić information content (AvgIpc) is 2.76. The maximum atomic E-state index is 12.5. The Morgan fingerprint density at radius 3 is 2.27 bits per heavy atom. The number of benzene rings is 3. The molecule has 3 aromatic carbocycles. The quantitative estimate of drug-likeness (QED) is 0.360. The first-order chi connectivity index (χ1) is 14.5. The van der Waals surface area contributed by atoms with E-state index in [2.05, 4.69) is 34.4 Å². The number of ether oxygens (including phenoxy) is 1. The van der Waals surface area contributed by atoms with Crippen LogP contribution in [0.1, 0.15) is 21.5 Å². The Morgan fingerprint density at radius 1 is 0.967 bits per heavy atom. The van der Waals surface area contributed by atoms with Crippen molar-refractivity contribution < 1.29 is 14.3 Å². The molecular formula is C25H24BrNO3. The van der Waals surface area contributed by atoms with Crippen molar-refractivity contribution in [2.45, 2.75) is 13.3 Å². The third-order valence-electron chi connectivity index (χ3n) is 4.33. The van der Waals surface area contributed by atoms with Crippen molar-refractivity contribution in [3.63, 3.8) is 0 Å². The van der Waals surface area contributed by atoms with Crippen LogP contribution in [0.25, 0.3) is 11.1 Å². The van der Waals surface area contributed by atoms with Crippen LogP contribution < -0.4 is 5.32 Å². The molecule has 0 aliphatic heterocycles. The molecular weight excluding hydrogens is 442 g/mol. The van der Waals surface area contributed by atoms with Crippen molar-refractivity contribution in [3.8, 4) is 11.1 Å². The maximum Gasteiger partial charge on any atom is 0.337 e. The molecule has 0 spiro atoms. The number of anilines is 1. The zero-order valence-electron chi connectivity index (χ0n) is 17.1. The summed E-state index contributed by atoms with van der Waals surface area (Å²) in [6.07, 6.45) is 0.226. The molecule has 30 heavy (non-hydrogen) atoms. The molecule has 0 heterocycles. The maximum absolute atomic E-state index is 12.5. The molecule has 1 amide bonds. The van der Waals surface area contributed by atoms with Crippen LogP contribution in [0.5, 0.6) is 0 Å².